The van der Waals surface area contributed by atoms with E-state index in [0.717, 1.165) is 11.8 Å². The molecule has 0 unspecified atom stereocenters. The molecule has 0 aliphatic rings. The second-order valence-corrected chi connectivity index (χ2v) is 7.37. The van der Waals surface area contributed by atoms with Crippen molar-refractivity contribution in [2.45, 2.75) is 26.7 Å². The van der Waals surface area contributed by atoms with E-state index in [9.17, 15) is 8.42 Å². The summed E-state index contributed by atoms with van der Waals surface area (Å²) >= 11 is 3.38. The summed E-state index contributed by atoms with van der Waals surface area (Å²) in [5.74, 6) is 0.566. The van der Waals surface area contributed by atoms with Crippen LogP contribution < -0.4 is 4.72 Å². The van der Waals surface area contributed by atoms with Gasteiger partial charge in [0.05, 0.1) is 5.75 Å². The molecule has 0 saturated carbocycles. The van der Waals surface area contributed by atoms with Crippen LogP contribution in [0.4, 0.5) is 5.69 Å². The molecule has 1 N–H and O–H groups in total. The van der Waals surface area contributed by atoms with Crippen LogP contribution in [0.3, 0.4) is 0 Å². The molecular formula is C13H20BrNO2S. The fourth-order valence-corrected chi connectivity index (χ4v) is 3.31. The molecular weight excluding hydrogens is 314 g/mol. The Kier molecular flexibility index (Phi) is 6.15. The molecule has 0 heterocycles. The highest BCUT2D eigenvalue weighted by molar-refractivity contribution is 9.09. The number of halogens is 1. The van der Waals surface area contributed by atoms with Crippen molar-refractivity contribution in [2.75, 3.05) is 15.8 Å². The molecule has 0 spiro atoms. The molecule has 0 aliphatic heterocycles. The molecule has 1 aromatic rings. The molecule has 3 nitrogen and oxygen atoms in total. The molecule has 1 rings (SSSR count). The lowest BCUT2D eigenvalue weighted by atomic mass is 10.2. The van der Waals surface area contributed by atoms with Crippen LogP contribution in [0.15, 0.2) is 24.3 Å². The Bertz CT molecular complexity index is 454. The molecule has 0 radical (unpaired) electrons. The first-order valence-corrected chi connectivity index (χ1v) is 8.85. The minimum absolute atomic E-state index is 0.174. The van der Waals surface area contributed by atoms with Crippen LogP contribution in [0.5, 0.6) is 0 Å². The number of nitrogens with one attached hydrogen (secondary N) is 1. The second kappa shape index (κ2) is 7.14. The normalized spacial score (nSPS) is 11.8. The van der Waals surface area contributed by atoms with Gasteiger partial charge in [-0.2, -0.15) is 0 Å². The summed E-state index contributed by atoms with van der Waals surface area (Å²) in [5.41, 5.74) is 1.83. The minimum Gasteiger partial charge on any atom is -0.284 e. The van der Waals surface area contributed by atoms with Gasteiger partial charge in [0.15, 0.2) is 0 Å². The third kappa shape index (κ3) is 5.87. The first kappa shape index (κ1) is 15.5. The van der Waals surface area contributed by atoms with E-state index in [0.29, 0.717) is 18.0 Å². The van der Waals surface area contributed by atoms with Crippen LogP contribution in [-0.4, -0.2) is 19.5 Å². The third-order valence-corrected chi connectivity index (χ3v) is 4.29. The van der Waals surface area contributed by atoms with Crippen LogP contribution in [0.2, 0.25) is 0 Å². The quantitative estimate of drug-likeness (QED) is 0.777. The number of hydrogen-bond donors (Lipinski definition) is 1. The zero-order chi connectivity index (χ0) is 13.6. The largest absolute Gasteiger partial charge is 0.284 e. The van der Waals surface area contributed by atoms with Gasteiger partial charge in [-0.25, -0.2) is 8.42 Å². The lowest BCUT2D eigenvalue weighted by molar-refractivity contribution is 0.578. The van der Waals surface area contributed by atoms with Crippen LogP contribution >= 0.6 is 15.9 Å². The molecule has 0 aliphatic carbocycles. The van der Waals surface area contributed by atoms with Crippen molar-refractivity contribution in [1.29, 1.82) is 0 Å². The number of rotatable bonds is 7. The van der Waals surface area contributed by atoms with E-state index in [1.54, 1.807) is 0 Å². The standard InChI is InChI=1S/C13H20BrNO2S/c1-11(2)8-10-18(16,17)15-13-5-3-12(4-6-13)7-9-14/h3-6,11,15H,7-10H2,1-2H3. The molecule has 5 heteroatoms. The first-order valence-electron chi connectivity index (χ1n) is 6.08. The Labute approximate surface area is 118 Å². The van der Waals surface area contributed by atoms with Crippen LogP contribution in [0.25, 0.3) is 0 Å². The number of benzene rings is 1. The minimum atomic E-state index is -3.21. The molecule has 1 aromatic carbocycles. The maximum atomic E-state index is 11.8. The van der Waals surface area contributed by atoms with Crippen molar-refractivity contribution >= 4 is 31.6 Å². The monoisotopic (exact) mass is 333 g/mol. The highest BCUT2D eigenvalue weighted by Crippen LogP contribution is 2.13. The van der Waals surface area contributed by atoms with Gasteiger partial charge in [-0.15, -0.1) is 0 Å². The average molecular weight is 334 g/mol. The van der Waals surface area contributed by atoms with E-state index in [4.69, 9.17) is 0 Å². The SMILES string of the molecule is CC(C)CCS(=O)(=O)Nc1ccc(CCBr)cc1. The Morgan fingerprint density at radius 2 is 1.83 bits per heavy atom. The van der Waals surface area contributed by atoms with Crippen molar-refractivity contribution in [2.24, 2.45) is 5.92 Å². The lowest BCUT2D eigenvalue weighted by Gasteiger charge is -2.09. The Morgan fingerprint density at radius 1 is 1.22 bits per heavy atom. The molecule has 18 heavy (non-hydrogen) atoms. The lowest BCUT2D eigenvalue weighted by Crippen LogP contribution is -2.17. The summed E-state index contributed by atoms with van der Waals surface area (Å²) in [6, 6.07) is 7.51. The van der Waals surface area contributed by atoms with Crippen molar-refractivity contribution in [1.82, 2.24) is 0 Å². The third-order valence-electron chi connectivity index (χ3n) is 2.57. The van der Waals surface area contributed by atoms with Crippen LogP contribution in [0.1, 0.15) is 25.8 Å². The van der Waals surface area contributed by atoms with Gasteiger partial charge in [0.2, 0.25) is 10.0 Å². The molecule has 0 fully saturated rings. The van der Waals surface area contributed by atoms with Gasteiger partial charge < -0.3 is 0 Å². The summed E-state index contributed by atoms with van der Waals surface area (Å²) in [5, 5.41) is 0.909. The van der Waals surface area contributed by atoms with Crippen LogP contribution in [-0.2, 0) is 16.4 Å². The van der Waals surface area contributed by atoms with Crippen LogP contribution in [0, 0.1) is 5.92 Å². The predicted octanol–water partition coefficient (Wildman–Crippen LogP) is 3.41. The molecule has 0 bridgehead atoms. The molecule has 0 aromatic heterocycles. The van der Waals surface area contributed by atoms with Crippen molar-refractivity contribution in [3.05, 3.63) is 29.8 Å². The molecule has 102 valence electrons. The molecule has 0 saturated heterocycles. The maximum absolute atomic E-state index is 11.8. The number of sulfonamides is 1. The van der Waals surface area contributed by atoms with Crippen molar-refractivity contribution in [3.63, 3.8) is 0 Å². The number of hydrogen-bond acceptors (Lipinski definition) is 2. The van der Waals surface area contributed by atoms with E-state index in [1.165, 1.54) is 5.56 Å². The zero-order valence-corrected chi connectivity index (χ0v) is 13.2. The van der Waals surface area contributed by atoms with E-state index in [-0.39, 0.29) is 5.75 Å². The van der Waals surface area contributed by atoms with Gasteiger partial charge in [0.1, 0.15) is 0 Å². The predicted molar refractivity (Wildman–Crippen MR) is 80.8 cm³/mol. The summed E-state index contributed by atoms with van der Waals surface area (Å²) in [6.45, 7) is 4.04. The summed E-state index contributed by atoms with van der Waals surface area (Å²) in [7, 11) is -3.21. The highest BCUT2D eigenvalue weighted by atomic mass is 79.9. The van der Waals surface area contributed by atoms with E-state index >= 15 is 0 Å². The Morgan fingerprint density at radius 3 is 2.33 bits per heavy atom. The van der Waals surface area contributed by atoms with Gasteiger partial charge in [0.25, 0.3) is 0 Å². The van der Waals surface area contributed by atoms with Gasteiger partial charge in [0, 0.05) is 11.0 Å². The smallest absolute Gasteiger partial charge is 0.232 e. The topological polar surface area (TPSA) is 46.2 Å². The van der Waals surface area contributed by atoms with Crippen molar-refractivity contribution < 1.29 is 8.42 Å². The summed E-state index contributed by atoms with van der Waals surface area (Å²) < 4.78 is 26.2. The Balaban J connectivity index is 2.61. The zero-order valence-electron chi connectivity index (χ0n) is 10.8. The maximum Gasteiger partial charge on any atom is 0.232 e. The fourth-order valence-electron chi connectivity index (χ4n) is 1.47. The Hall–Kier alpha value is -0.550. The van der Waals surface area contributed by atoms with Gasteiger partial charge >= 0.3 is 0 Å². The van der Waals surface area contributed by atoms with E-state index in [1.807, 2.05) is 38.1 Å². The van der Waals surface area contributed by atoms with Gasteiger partial charge in [-0.1, -0.05) is 41.9 Å². The fraction of sp³-hybridized carbons (Fsp3) is 0.538. The first-order chi connectivity index (χ1) is 8.43. The summed E-state index contributed by atoms with van der Waals surface area (Å²) in [6.07, 6.45) is 1.62. The second-order valence-electron chi connectivity index (χ2n) is 4.74. The number of anilines is 1. The van der Waals surface area contributed by atoms with E-state index < -0.39 is 10.0 Å². The van der Waals surface area contributed by atoms with Gasteiger partial charge in [-0.3, -0.25) is 4.72 Å². The number of aryl methyl sites for hydroxylation is 1. The molecule has 0 atom stereocenters. The van der Waals surface area contributed by atoms with Crippen molar-refractivity contribution in [3.8, 4) is 0 Å². The molecule has 0 amide bonds. The highest BCUT2D eigenvalue weighted by Gasteiger charge is 2.11. The number of alkyl halides is 1. The average Bonchev–Trinajstić information content (AvgIpc) is 2.29. The van der Waals surface area contributed by atoms with Gasteiger partial charge in [-0.05, 0) is 36.5 Å². The van der Waals surface area contributed by atoms with E-state index in [2.05, 4.69) is 20.7 Å². The summed E-state index contributed by atoms with van der Waals surface area (Å²) in [4.78, 5) is 0.